The van der Waals surface area contributed by atoms with Gasteiger partial charge in [0.15, 0.2) is 0 Å². The van der Waals surface area contributed by atoms with Crippen LogP contribution in [0.3, 0.4) is 0 Å². The van der Waals surface area contributed by atoms with Crippen molar-refractivity contribution in [3.8, 4) is 0 Å². The first kappa shape index (κ1) is 14.0. The fraction of sp³-hybridized carbons (Fsp3) is 1.00. The van der Waals surface area contributed by atoms with Crippen LogP contribution in [0, 0.1) is 5.92 Å². The minimum atomic E-state index is 0.362. The molecule has 0 heterocycles. The largest absolute Gasteiger partial charge is 0.377 e. The van der Waals surface area contributed by atoms with Gasteiger partial charge in [0.25, 0.3) is 0 Å². The van der Waals surface area contributed by atoms with E-state index in [1.165, 1.54) is 38.5 Å². The van der Waals surface area contributed by atoms with Gasteiger partial charge in [0.05, 0.1) is 12.7 Å². The molecular weight excluding hydrogens is 198 g/mol. The molecule has 1 rings (SSSR count). The first-order chi connectivity index (χ1) is 7.74. The highest BCUT2D eigenvalue weighted by Gasteiger charge is 2.25. The smallest absolute Gasteiger partial charge is 0.0594 e. The molecular formula is C14H29NO. The van der Waals surface area contributed by atoms with Crippen LogP contribution in [-0.2, 0) is 4.74 Å². The molecule has 0 aromatic carbocycles. The van der Waals surface area contributed by atoms with Gasteiger partial charge in [0.1, 0.15) is 0 Å². The Morgan fingerprint density at radius 3 is 2.81 bits per heavy atom. The molecule has 1 saturated carbocycles. The average Bonchev–Trinajstić information content (AvgIpc) is 2.69. The molecule has 0 radical (unpaired) electrons. The molecule has 0 spiro atoms. The lowest BCUT2D eigenvalue weighted by molar-refractivity contribution is 0.0784. The molecule has 0 bridgehead atoms. The van der Waals surface area contributed by atoms with Crippen molar-refractivity contribution in [3.05, 3.63) is 0 Å². The Labute approximate surface area is 101 Å². The van der Waals surface area contributed by atoms with Gasteiger partial charge in [-0.15, -0.1) is 0 Å². The highest BCUT2D eigenvalue weighted by atomic mass is 16.5. The van der Waals surface area contributed by atoms with Gasteiger partial charge in [-0.1, -0.05) is 26.2 Å². The van der Waals surface area contributed by atoms with E-state index in [1.807, 2.05) is 0 Å². The highest BCUT2D eigenvalue weighted by Crippen LogP contribution is 2.29. The van der Waals surface area contributed by atoms with Crippen LogP contribution in [0.5, 0.6) is 0 Å². The Bertz CT molecular complexity index is 170. The monoisotopic (exact) mass is 227 g/mol. The maximum Gasteiger partial charge on any atom is 0.0594 e. The Kier molecular flexibility index (Phi) is 7.06. The Balaban J connectivity index is 2.09. The molecule has 0 aromatic rings. The summed E-state index contributed by atoms with van der Waals surface area (Å²) < 4.78 is 5.56. The number of rotatable bonds is 8. The lowest BCUT2D eigenvalue weighted by Crippen LogP contribution is -2.35. The van der Waals surface area contributed by atoms with Gasteiger partial charge in [0, 0.05) is 12.6 Å². The molecule has 0 aromatic heterocycles. The number of unbranched alkanes of at least 4 members (excludes halogenated alkanes) is 1. The Hall–Kier alpha value is -0.0800. The summed E-state index contributed by atoms with van der Waals surface area (Å²) in [6.07, 6.45) is 8.72. The molecule has 1 fully saturated rings. The fourth-order valence-electron chi connectivity index (χ4n) is 2.66. The standard InChI is InChI=1S/C14H29NO/c1-4-5-7-13-8-6-9-14(13)15-10-11-16-12(2)3/h12-15H,4-11H2,1-3H3. The van der Waals surface area contributed by atoms with Gasteiger partial charge < -0.3 is 10.1 Å². The van der Waals surface area contributed by atoms with Crippen molar-refractivity contribution in [2.75, 3.05) is 13.2 Å². The van der Waals surface area contributed by atoms with E-state index in [2.05, 4.69) is 26.1 Å². The topological polar surface area (TPSA) is 21.3 Å². The predicted octanol–water partition coefficient (Wildman–Crippen LogP) is 3.36. The Morgan fingerprint density at radius 2 is 2.12 bits per heavy atom. The van der Waals surface area contributed by atoms with Crippen LogP contribution in [0.4, 0.5) is 0 Å². The van der Waals surface area contributed by atoms with E-state index < -0.39 is 0 Å². The molecule has 2 heteroatoms. The quantitative estimate of drug-likeness (QED) is 0.642. The second kappa shape index (κ2) is 8.08. The minimum Gasteiger partial charge on any atom is -0.377 e. The lowest BCUT2D eigenvalue weighted by Gasteiger charge is -2.21. The molecule has 1 aliphatic rings. The average molecular weight is 227 g/mol. The van der Waals surface area contributed by atoms with Crippen molar-refractivity contribution in [3.63, 3.8) is 0 Å². The van der Waals surface area contributed by atoms with E-state index in [4.69, 9.17) is 4.74 Å². The summed E-state index contributed by atoms with van der Waals surface area (Å²) in [7, 11) is 0. The van der Waals surface area contributed by atoms with Crippen LogP contribution in [0.2, 0.25) is 0 Å². The molecule has 0 amide bonds. The van der Waals surface area contributed by atoms with Crippen LogP contribution in [0.1, 0.15) is 59.3 Å². The molecule has 96 valence electrons. The summed E-state index contributed by atoms with van der Waals surface area (Å²) in [6.45, 7) is 8.35. The minimum absolute atomic E-state index is 0.362. The third kappa shape index (κ3) is 5.31. The van der Waals surface area contributed by atoms with Crippen molar-refractivity contribution in [2.45, 2.75) is 71.4 Å². The van der Waals surface area contributed by atoms with Crippen LogP contribution in [0.25, 0.3) is 0 Å². The van der Waals surface area contributed by atoms with Crippen LogP contribution < -0.4 is 5.32 Å². The van der Waals surface area contributed by atoms with Gasteiger partial charge in [-0.3, -0.25) is 0 Å². The summed E-state index contributed by atoms with van der Waals surface area (Å²) in [5.41, 5.74) is 0. The van der Waals surface area contributed by atoms with Gasteiger partial charge >= 0.3 is 0 Å². The van der Waals surface area contributed by atoms with Crippen molar-refractivity contribution in [1.29, 1.82) is 0 Å². The van der Waals surface area contributed by atoms with Crippen LogP contribution in [0.15, 0.2) is 0 Å². The van der Waals surface area contributed by atoms with E-state index in [-0.39, 0.29) is 0 Å². The number of nitrogens with one attached hydrogen (secondary N) is 1. The van der Waals surface area contributed by atoms with Crippen LogP contribution >= 0.6 is 0 Å². The van der Waals surface area contributed by atoms with Gasteiger partial charge in [-0.2, -0.15) is 0 Å². The normalized spacial score (nSPS) is 25.5. The first-order valence-corrected chi connectivity index (χ1v) is 7.09. The second-order valence-corrected chi connectivity index (χ2v) is 5.31. The second-order valence-electron chi connectivity index (χ2n) is 5.31. The highest BCUT2D eigenvalue weighted by molar-refractivity contribution is 4.82. The zero-order valence-corrected chi connectivity index (χ0v) is 11.3. The molecule has 2 atom stereocenters. The zero-order valence-electron chi connectivity index (χ0n) is 11.3. The van der Waals surface area contributed by atoms with Gasteiger partial charge in [0.2, 0.25) is 0 Å². The van der Waals surface area contributed by atoms with E-state index in [9.17, 15) is 0 Å². The molecule has 1 N–H and O–H groups in total. The summed E-state index contributed by atoms with van der Waals surface area (Å²) in [5, 5.41) is 3.67. The third-order valence-electron chi connectivity index (χ3n) is 3.55. The molecule has 2 nitrogen and oxygen atoms in total. The number of hydrogen-bond donors (Lipinski definition) is 1. The SMILES string of the molecule is CCCCC1CCCC1NCCOC(C)C. The van der Waals surface area contributed by atoms with Crippen molar-refractivity contribution >= 4 is 0 Å². The molecule has 1 aliphatic carbocycles. The molecule has 16 heavy (non-hydrogen) atoms. The maximum absolute atomic E-state index is 5.56. The third-order valence-corrected chi connectivity index (χ3v) is 3.55. The predicted molar refractivity (Wildman–Crippen MR) is 69.7 cm³/mol. The summed E-state index contributed by atoms with van der Waals surface area (Å²) in [5.74, 6) is 0.930. The number of ether oxygens (including phenoxy) is 1. The van der Waals surface area contributed by atoms with E-state index in [0.717, 1.165) is 25.1 Å². The van der Waals surface area contributed by atoms with Crippen molar-refractivity contribution in [2.24, 2.45) is 5.92 Å². The summed E-state index contributed by atoms with van der Waals surface area (Å²) >= 11 is 0. The first-order valence-electron chi connectivity index (χ1n) is 7.09. The summed E-state index contributed by atoms with van der Waals surface area (Å²) in [4.78, 5) is 0. The molecule has 0 saturated heterocycles. The fourth-order valence-corrected chi connectivity index (χ4v) is 2.66. The zero-order chi connectivity index (χ0) is 11.8. The molecule has 2 unspecified atom stereocenters. The van der Waals surface area contributed by atoms with Crippen LogP contribution in [-0.4, -0.2) is 25.3 Å². The lowest BCUT2D eigenvalue weighted by atomic mass is 9.97. The Morgan fingerprint density at radius 1 is 1.31 bits per heavy atom. The molecule has 0 aliphatic heterocycles. The van der Waals surface area contributed by atoms with Crippen molar-refractivity contribution < 1.29 is 4.74 Å². The van der Waals surface area contributed by atoms with Gasteiger partial charge in [-0.25, -0.2) is 0 Å². The maximum atomic E-state index is 5.56. The van der Waals surface area contributed by atoms with E-state index in [0.29, 0.717) is 6.10 Å². The number of hydrogen-bond acceptors (Lipinski definition) is 2. The van der Waals surface area contributed by atoms with Gasteiger partial charge in [-0.05, 0) is 39.0 Å². The summed E-state index contributed by atoms with van der Waals surface area (Å²) in [6, 6.07) is 0.766. The van der Waals surface area contributed by atoms with E-state index >= 15 is 0 Å². The van der Waals surface area contributed by atoms with Crippen molar-refractivity contribution in [1.82, 2.24) is 5.32 Å². The van der Waals surface area contributed by atoms with E-state index in [1.54, 1.807) is 0 Å².